The number of nitrogens with one attached hydrogen (secondary N) is 1. The molecule has 0 saturated heterocycles. The number of H-pyrrole nitrogens is 1. The molecule has 4 nitrogen and oxygen atoms in total. The number of alkyl halides is 3. The molecule has 3 heterocycles. The van der Waals surface area contributed by atoms with Crippen molar-refractivity contribution in [3.05, 3.63) is 64.8 Å². The first-order chi connectivity index (χ1) is 13.4. The summed E-state index contributed by atoms with van der Waals surface area (Å²) in [5.74, 6) is -1.05. The normalized spacial score (nSPS) is 18.7. The van der Waals surface area contributed by atoms with Crippen LogP contribution >= 0.6 is 0 Å². The molecule has 0 spiro atoms. The molecule has 1 amide bonds. The van der Waals surface area contributed by atoms with E-state index in [1.54, 1.807) is 12.1 Å². The van der Waals surface area contributed by atoms with Gasteiger partial charge in [0, 0.05) is 29.6 Å². The average Bonchev–Trinajstić information content (AvgIpc) is 3.29. The summed E-state index contributed by atoms with van der Waals surface area (Å²) in [6.45, 7) is 0.581. The molecule has 0 saturated carbocycles. The second-order valence-electron chi connectivity index (χ2n) is 7.18. The number of carbonyl (C=O) groups excluding carboxylic acids is 1. The van der Waals surface area contributed by atoms with Crippen molar-refractivity contribution in [2.24, 2.45) is 0 Å². The topological polar surface area (TPSA) is 45.3 Å². The molecule has 0 bridgehead atoms. The molecule has 1 N–H and O–H groups in total. The highest BCUT2D eigenvalue weighted by Crippen LogP contribution is 2.41. The van der Waals surface area contributed by atoms with E-state index in [2.05, 4.69) is 4.98 Å². The fourth-order valence-corrected chi connectivity index (χ4v) is 4.35. The monoisotopic (exact) mass is 386 g/mol. The Hall–Kier alpha value is -2.96. The van der Waals surface area contributed by atoms with Gasteiger partial charge in [-0.3, -0.25) is 4.79 Å². The fourth-order valence-electron chi connectivity index (χ4n) is 4.35. The zero-order valence-electron chi connectivity index (χ0n) is 14.8. The zero-order chi connectivity index (χ0) is 19.5. The summed E-state index contributed by atoms with van der Waals surface area (Å²) in [7, 11) is 0. The Morgan fingerprint density at radius 1 is 1.14 bits per heavy atom. The van der Waals surface area contributed by atoms with Crippen LogP contribution in [0.2, 0.25) is 0 Å². The number of aromatic nitrogens is 1. The Morgan fingerprint density at radius 2 is 1.96 bits per heavy atom. The van der Waals surface area contributed by atoms with Gasteiger partial charge >= 0.3 is 12.1 Å². The van der Waals surface area contributed by atoms with Crippen LogP contribution in [0.15, 0.2) is 42.5 Å². The number of ether oxygens (including phenoxy) is 1. The second-order valence-corrected chi connectivity index (χ2v) is 7.18. The minimum Gasteiger partial charge on any atom is -0.493 e. The van der Waals surface area contributed by atoms with Gasteiger partial charge in [-0.15, -0.1) is 0 Å². The molecule has 7 heteroatoms. The molecule has 2 aliphatic rings. The van der Waals surface area contributed by atoms with Gasteiger partial charge in [-0.05, 0) is 41.3 Å². The minimum atomic E-state index is -4.92. The third-order valence-electron chi connectivity index (χ3n) is 5.57. The van der Waals surface area contributed by atoms with Gasteiger partial charge in [0.05, 0.1) is 12.6 Å². The lowest BCUT2D eigenvalue weighted by atomic mass is 9.91. The van der Waals surface area contributed by atoms with Gasteiger partial charge in [-0.2, -0.15) is 13.2 Å². The van der Waals surface area contributed by atoms with Crippen LogP contribution in [-0.4, -0.2) is 35.1 Å². The predicted molar refractivity (Wildman–Crippen MR) is 97.3 cm³/mol. The number of halogens is 3. The molecular formula is C21H17F3N2O2. The van der Waals surface area contributed by atoms with Crippen LogP contribution in [0.5, 0.6) is 5.75 Å². The Balaban J connectivity index is 1.69. The number of amides is 1. The summed E-state index contributed by atoms with van der Waals surface area (Å²) >= 11 is 0. The largest absolute Gasteiger partial charge is 0.493 e. The van der Waals surface area contributed by atoms with Crippen molar-refractivity contribution in [3.8, 4) is 5.75 Å². The highest BCUT2D eigenvalue weighted by Gasteiger charge is 2.47. The number of para-hydroxylation sites is 1. The smallest absolute Gasteiger partial charge is 0.471 e. The van der Waals surface area contributed by atoms with Gasteiger partial charge in [-0.25, -0.2) is 0 Å². The molecule has 144 valence electrons. The van der Waals surface area contributed by atoms with Crippen molar-refractivity contribution >= 4 is 16.8 Å². The van der Waals surface area contributed by atoms with E-state index < -0.39 is 18.1 Å². The van der Waals surface area contributed by atoms with Gasteiger partial charge in [0.2, 0.25) is 0 Å². The van der Waals surface area contributed by atoms with Gasteiger partial charge in [0.1, 0.15) is 5.75 Å². The average molecular weight is 386 g/mol. The molecule has 0 radical (unpaired) electrons. The number of rotatable bonds is 1. The Labute approximate surface area is 158 Å². The maximum absolute atomic E-state index is 13.3. The van der Waals surface area contributed by atoms with Crippen LogP contribution in [0.25, 0.3) is 10.9 Å². The third kappa shape index (κ3) is 2.57. The van der Waals surface area contributed by atoms with Crippen LogP contribution < -0.4 is 4.74 Å². The molecule has 28 heavy (non-hydrogen) atoms. The van der Waals surface area contributed by atoms with E-state index >= 15 is 0 Å². The van der Waals surface area contributed by atoms with Gasteiger partial charge in [-0.1, -0.05) is 24.3 Å². The number of benzene rings is 2. The van der Waals surface area contributed by atoms with Crippen molar-refractivity contribution in [1.82, 2.24) is 9.88 Å². The third-order valence-corrected chi connectivity index (χ3v) is 5.57. The van der Waals surface area contributed by atoms with Gasteiger partial charge in [0.15, 0.2) is 0 Å². The summed E-state index contributed by atoms with van der Waals surface area (Å²) in [6, 6.07) is 12.2. The first-order valence-electron chi connectivity index (χ1n) is 9.16. The van der Waals surface area contributed by atoms with E-state index in [0.717, 1.165) is 32.7 Å². The van der Waals surface area contributed by atoms with Crippen molar-refractivity contribution in [1.29, 1.82) is 0 Å². The lowest BCUT2D eigenvalue weighted by Gasteiger charge is -2.36. The molecule has 5 rings (SSSR count). The van der Waals surface area contributed by atoms with Gasteiger partial charge in [0.25, 0.3) is 0 Å². The number of aromatic amines is 1. The first-order valence-corrected chi connectivity index (χ1v) is 9.16. The molecular weight excluding hydrogens is 369 g/mol. The van der Waals surface area contributed by atoms with E-state index in [1.165, 1.54) is 0 Å². The molecule has 0 fully saturated rings. The van der Waals surface area contributed by atoms with E-state index in [4.69, 9.17) is 4.74 Å². The van der Waals surface area contributed by atoms with Crippen molar-refractivity contribution in [3.63, 3.8) is 0 Å². The summed E-state index contributed by atoms with van der Waals surface area (Å²) in [6.07, 6.45) is -3.82. The van der Waals surface area contributed by atoms with Crippen molar-refractivity contribution in [2.75, 3.05) is 13.2 Å². The Morgan fingerprint density at radius 3 is 2.79 bits per heavy atom. The molecule has 2 aliphatic heterocycles. The van der Waals surface area contributed by atoms with Crippen LogP contribution in [0, 0.1) is 0 Å². The summed E-state index contributed by atoms with van der Waals surface area (Å²) < 4.78 is 45.4. The molecule has 2 aromatic carbocycles. The van der Waals surface area contributed by atoms with Crippen molar-refractivity contribution < 1.29 is 22.7 Å². The first kappa shape index (κ1) is 17.2. The summed E-state index contributed by atoms with van der Waals surface area (Å²) in [4.78, 5) is 16.4. The number of hydrogen-bond acceptors (Lipinski definition) is 2. The Bertz CT molecular complexity index is 1090. The maximum Gasteiger partial charge on any atom is 0.471 e. The van der Waals surface area contributed by atoms with E-state index in [9.17, 15) is 18.0 Å². The highest BCUT2D eigenvalue weighted by atomic mass is 19.4. The fraction of sp³-hybridized carbons (Fsp3) is 0.286. The number of fused-ring (bicyclic) bond motifs is 4. The molecule has 0 unspecified atom stereocenters. The number of carbonyl (C=O) groups is 1. The van der Waals surface area contributed by atoms with Crippen LogP contribution in [0.1, 0.15) is 28.4 Å². The molecule has 0 aliphatic carbocycles. The van der Waals surface area contributed by atoms with E-state index in [1.807, 2.05) is 30.3 Å². The van der Waals surface area contributed by atoms with Crippen LogP contribution in [0.4, 0.5) is 13.2 Å². The SMILES string of the molecule is O=C(N1CCc2c([nH]c3ccccc23)[C@H]1c1ccc2c(c1)CCO2)C(F)(F)F. The number of hydrogen-bond donors (Lipinski definition) is 1. The van der Waals surface area contributed by atoms with Crippen molar-refractivity contribution in [2.45, 2.75) is 25.1 Å². The predicted octanol–water partition coefficient (Wildman–Crippen LogP) is 4.14. The van der Waals surface area contributed by atoms with Crippen LogP contribution in [-0.2, 0) is 17.6 Å². The lowest BCUT2D eigenvalue weighted by Crippen LogP contribution is -2.46. The van der Waals surface area contributed by atoms with E-state index in [0.29, 0.717) is 30.7 Å². The highest BCUT2D eigenvalue weighted by molar-refractivity contribution is 5.87. The minimum absolute atomic E-state index is 0.0193. The lowest BCUT2D eigenvalue weighted by molar-refractivity contribution is -0.187. The standard InChI is InChI=1S/C21H17F3N2O2/c22-21(23,24)20(27)26-9-7-15-14-3-1-2-4-16(14)25-18(15)19(26)13-5-6-17-12(11-13)8-10-28-17/h1-6,11,19,25H,7-10H2/t19-/m1/s1. The summed E-state index contributed by atoms with van der Waals surface area (Å²) in [5.41, 5.74) is 4.12. The molecule has 3 aromatic rings. The molecule has 1 atom stereocenters. The van der Waals surface area contributed by atoms with E-state index in [-0.39, 0.29) is 6.54 Å². The quantitative estimate of drug-likeness (QED) is 0.683. The number of nitrogens with zero attached hydrogens (tertiary/aromatic N) is 1. The maximum atomic E-state index is 13.3. The summed E-state index contributed by atoms with van der Waals surface area (Å²) in [5, 5.41) is 0.992. The second kappa shape index (κ2) is 6.02. The zero-order valence-corrected chi connectivity index (χ0v) is 14.8. The van der Waals surface area contributed by atoms with Gasteiger partial charge < -0.3 is 14.6 Å². The Kier molecular flexibility index (Phi) is 3.69. The molecule has 1 aromatic heterocycles. The van der Waals surface area contributed by atoms with Crippen LogP contribution in [0.3, 0.4) is 0 Å².